The van der Waals surface area contributed by atoms with Crippen molar-refractivity contribution in [1.82, 2.24) is 0 Å². The second-order valence-electron chi connectivity index (χ2n) is 3.88. The van der Waals surface area contributed by atoms with E-state index in [2.05, 4.69) is 0 Å². The Morgan fingerprint density at radius 2 is 1.79 bits per heavy atom. The third-order valence-electron chi connectivity index (χ3n) is 2.54. The minimum atomic E-state index is -0.312. The zero-order valence-electron chi connectivity index (χ0n) is 11.5. The molecule has 0 atom stereocenters. The van der Waals surface area contributed by atoms with Gasteiger partial charge in [-0.05, 0) is 0 Å². The summed E-state index contributed by atoms with van der Waals surface area (Å²) < 4.78 is 20.5. The van der Waals surface area contributed by atoms with Crippen LogP contribution in [0.5, 0.6) is 0 Å². The van der Waals surface area contributed by atoms with Crippen molar-refractivity contribution in [3.05, 3.63) is 40.1 Å². The van der Waals surface area contributed by atoms with Crippen molar-refractivity contribution >= 4 is 25.4 Å². The first-order valence-corrected chi connectivity index (χ1v) is 8.16. The fourth-order valence-electron chi connectivity index (χ4n) is 1.53. The van der Waals surface area contributed by atoms with Gasteiger partial charge in [-0.3, -0.25) is 0 Å². The van der Waals surface area contributed by atoms with Gasteiger partial charge in [-0.15, -0.1) is 0 Å². The Kier molecular flexibility index (Phi) is 6.82. The summed E-state index contributed by atoms with van der Waals surface area (Å²) in [5.74, 6) is -0.315. The first-order chi connectivity index (χ1) is 9.12. The van der Waals surface area contributed by atoms with E-state index in [1.807, 2.05) is 26.0 Å². The summed E-state index contributed by atoms with van der Waals surface area (Å²) in [5, 5.41) is 0. The zero-order valence-corrected chi connectivity index (χ0v) is 13.2. The minimum absolute atomic E-state index is 0.00281. The Bertz CT molecular complexity index is 452. The number of carbonyl (C=O) groups is 1. The van der Waals surface area contributed by atoms with Crippen LogP contribution in [0.25, 0.3) is 0 Å². The average molecular weight is 329 g/mol. The van der Waals surface area contributed by atoms with Gasteiger partial charge in [-0.2, -0.15) is 0 Å². The summed E-state index contributed by atoms with van der Waals surface area (Å²) in [7, 11) is 0. The fraction of sp³-hybridized carbons (Fsp3) is 0.400. The van der Waals surface area contributed by atoms with Gasteiger partial charge in [-0.1, -0.05) is 0 Å². The molecule has 0 spiro atoms. The Balaban J connectivity index is 2.79. The molecule has 1 rings (SSSR count). The van der Waals surface area contributed by atoms with Crippen LogP contribution in [0.2, 0.25) is 0 Å². The van der Waals surface area contributed by atoms with Crippen molar-refractivity contribution in [1.29, 1.82) is 0 Å². The Labute approximate surface area is 120 Å². The van der Waals surface area contributed by atoms with E-state index < -0.39 is 0 Å². The van der Waals surface area contributed by atoms with Gasteiger partial charge in [0.2, 0.25) is 0 Å². The monoisotopic (exact) mass is 330 g/mol. The summed E-state index contributed by atoms with van der Waals surface area (Å²) in [4.78, 5) is 11.5. The SMILES string of the molecule is CCOC(=O)c1ccc([Se]/C(CC)=C(/F)CC)cc1. The zero-order chi connectivity index (χ0) is 14.3. The first-order valence-electron chi connectivity index (χ1n) is 6.44. The van der Waals surface area contributed by atoms with Crippen LogP contribution in [0.3, 0.4) is 0 Å². The van der Waals surface area contributed by atoms with Crippen LogP contribution in [-0.2, 0) is 4.74 Å². The number of rotatable bonds is 6. The van der Waals surface area contributed by atoms with E-state index in [0.29, 0.717) is 18.6 Å². The number of allylic oxidation sites excluding steroid dienone is 2. The van der Waals surface area contributed by atoms with Gasteiger partial charge in [0.15, 0.2) is 0 Å². The summed E-state index contributed by atoms with van der Waals surface area (Å²) in [5.41, 5.74) is 0.541. The van der Waals surface area contributed by atoms with Crippen molar-refractivity contribution in [2.45, 2.75) is 33.6 Å². The van der Waals surface area contributed by atoms with Crippen molar-refractivity contribution in [2.24, 2.45) is 0 Å². The summed E-state index contributed by atoms with van der Waals surface area (Å²) in [6.07, 6.45) is 1.19. The van der Waals surface area contributed by atoms with Gasteiger partial charge in [0.1, 0.15) is 0 Å². The van der Waals surface area contributed by atoms with E-state index in [1.54, 1.807) is 19.1 Å². The molecule has 2 nitrogen and oxygen atoms in total. The molecule has 4 heteroatoms. The van der Waals surface area contributed by atoms with Crippen molar-refractivity contribution in [2.75, 3.05) is 6.61 Å². The third-order valence-corrected chi connectivity index (χ3v) is 5.19. The normalized spacial score (nSPS) is 12.0. The molecular formula is C15H19FO2Se. The summed E-state index contributed by atoms with van der Waals surface area (Å²) in [6.45, 7) is 5.94. The van der Waals surface area contributed by atoms with E-state index in [4.69, 9.17) is 4.74 Å². The van der Waals surface area contributed by atoms with Crippen LogP contribution in [-0.4, -0.2) is 27.5 Å². The van der Waals surface area contributed by atoms with Gasteiger partial charge in [0.05, 0.1) is 0 Å². The number of carbonyl (C=O) groups excluding carboxylic acids is 1. The van der Waals surface area contributed by atoms with Gasteiger partial charge in [-0.25, -0.2) is 0 Å². The molecule has 0 unspecified atom stereocenters. The van der Waals surface area contributed by atoms with Crippen LogP contribution in [0, 0.1) is 0 Å². The van der Waals surface area contributed by atoms with Gasteiger partial charge in [0.25, 0.3) is 0 Å². The molecule has 0 N–H and O–H groups in total. The summed E-state index contributed by atoms with van der Waals surface area (Å²) >= 11 is -0.0119. The molecule has 0 bridgehead atoms. The van der Waals surface area contributed by atoms with Gasteiger partial charge in [0, 0.05) is 0 Å². The second-order valence-corrected chi connectivity index (χ2v) is 6.33. The number of hydrogen-bond donors (Lipinski definition) is 0. The number of halogens is 1. The molecule has 0 radical (unpaired) electrons. The van der Waals surface area contributed by atoms with E-state index >= 15 is 0 Å². The van der Waals surface area contributed by atoms with Gasteiger partial charge >= 0.3 is 120 Å². The molecule has 1 aromatic carbocycles. The molecular weight excluding hydrogens is 310 g/mol. The average Bonchev–Trinajstić information content (AvgIpc) is 2.44. The molecule has 0 aromatic heterocycles. The molecule has 1 aromatic rings. The van der Waals surface area contributed by atoms with E-state index in [9.17, 15) is 9.18 Å². The molecule has 0 aliphatic rings. The fourth-order valence-corrected chi connectivity index (χ4v) is 3.54. The van der Waals surface area contributed by atoms with Crippen LogP contribution >= 0.6 is 0 Å². The molecule has 0 aliphatic heterocycles. The van der Waals surface area contributed by atoms with E-state index in [-0.39, 0.29) is 26.8 Å². The molecule has 0 amide bonds. The predicted molar refractivity (Wildman–Crippen MR) is 76.5 cm³/mol. The number of benzene rings is 1. The maximum atomic E-state index is 13.6. The molecule has 0 aliphatic carbocycles. The first kappa shape index (κ1) is 15.9. The summed E-state index contributed by atoms with van der Waals surface area (Å²) in [6, 6.07) is 7.24. The van der Waals surface area contributed by atoms with Gasteiger partial charge < -0.3 is 0 Å². The van der Waals surface area contributed by atoms with Crippen LogP contribution in [0.1, 0.15) is 44.0 Å². The Morgan fingerprint density at radius 3 is 2.26 bits per heavy atom. The van der Waals surface area contributed by atoms with Crippen molar-refractivity contribution in [3.63, 3.8) is 0 Å². The van der Waals surface area contributed by atoms with E-state index in [1.165, 1.54) is 0 Å². The standard InChI is InChI=1S/C15H19FO2Se/c1-4-13(16)14(5-2)19-12-9-7-11(8-10-12)15(17)18-6-3/h7-10H,4-6H2,1-3H3/b14-13+. The van der Waals surface area contributed by atoms with Crippen LogP contribution in [0.4, 0.5) is 4.39 Å². The van der Waals surface area contributed by atoms with Crippen LogP contribution < -0.4 is 4.46 Å². The van der Waals surface area contributed by atoms with Crippen molar-refractivity contribution in [3.8, 4) is 0 Å². The second kappa shape index (κ2) is 8.13. The van der Waals surface area contributed by atoms with E-state index in [0.717, 1.165) is 15.4 Å². The number of hydrogen-bond acceptors (Lipinski definition) is 2. The molecule has 19 heavy (non-hydrogen) atoms. The molecule has 0 fully saturated rings. The van der Waals surface area contributed by atoms with Crippen molar-refractivity contribution < 1.29 is 13.9 Å². The maximum absolute atomic E-state index is 13.6. The number of esters is 1. The Hall–Kier alpha value is -1.12. The Morgan fingerprint density at radius 1 is 1.16 bits per heavy atom. The molecule has 0 heterocycles. The third kappa shape index (κ3) is 4.81. The molecule has 104 valence electrons. The number of ether oxygens (including phenoxy) is 1. The quantitative estimate of drug-likeness (QED) is 0.592. The topological polar surface area (TPSA) is 26.3 Å². The van der Waals surface area contributed by atoms with Crippen LogP contribution in [0.15, 0.2) is 34.6 Å². The predicted octanol–water partition coefficient (Wildman–Crippen LogP) is 3.19. The molecule has 0 saturated heterocycles. The molecule has 0 saturated carbocycles.